The van der Waals surface area contributed by atoms with Crippen LogP contribution in [0.15, 0.2) is 21.9 Å². The van der Waals surface area contributed by atoms with Gasteiger partial charge in [0.1, 0.15) is 79.0 Å². The number of hydrogen-bond acceptors (Lipinski definition) is 23. The second-order valence-electron chi connectivity index (χ2n) is 17.5. The van der Waals surface area contributed by atoms with Gasteiger partial charge in [0.15, 0.2) is 12.5 Å². The van der Waals surface area contributed by atoms with Crippen LogP contribution in [0.3, 0.4) is 0 Å². The van der Waals surface area contributed by atoms with E-state index in [4.69, 9.17) is 29.6 Å². The number of phosphoric ester groups is 2. The quantitative estimate of drug-likeness (QED) is 0.0251. The summed E-state index contributed by atoms with van der Waals surface area (Å²) in [6.45, 7) is 3.53. The fourth-order valence-corrected chi connectivity index (χ4v) is 9.40. The van der Waals surface area contributed by atoms with Crippen molar-refractivity contribution in [1.29, 1.82) is 0 Å². The van der Waals surface area contributed by atoms with Gasteiger partial charge < -0.3 is 92.3 Å². The summed E-state index contributed by atoms with van der Waals surface area (Å²) < 4.78 is 57.0. The summed E-state index contributed by atoms with van der Waals surface area (Å²) in [6.07, 6.45) is -16.4. The predicted molar refractivity (Wildman–Crippen MR) is 253 cm³/mol. The molecular formula is C40H65N9O26P2. The zero-order valence-electron chi connectivity index (χ0n) is 41.8. The van der Waals surface area contributed by atoms with Crippen molar-refractivity contribution >= 4 is 63.0 Å². The summed E-state index contributed by atoms with van der Waals surface area (Å²) in [5, 5.41) is 74.4. The molecule has 436 valence electrons. The van der Waals surface area contributed by atoms with Crippen molar-refractivity contribution in [3.8, 4) is 0 Å². The van der Waals surface area contributed by atoms with Crippen LogP contribution in [0, 0.1) is 0 Å². The molecule has 2 saturated heterocycles. The lowest BCUT2D eigenvalue weighted by Crippen LogP contribution is -2.66. The van der Waals surface area contributed by atoms with E-state index in [1.165, 1.54) is 13.8 Å². The fourth-order valence-electron chi connectivity index (χ4n) is 7.24. The number of nitrogens with two attached hydrogens (primary N) is 1. The number of aliphatic carboxylic acids is 2. The average Bonchev–Trinajstić information content (AvgIpc) is 3.61. The number of carboxylic acid groups (broad SMARTS) is 2. The number of carbonyl (C=O) groups excluding carboxylic acids is 6. The Morgan fingerprint density at radius 1 is 0.766 bits per heavy atom. The number of carboxylic acids is 2. The van der Waals surface area contributed by atoms with Gasteiger partial charge in [-0.1, -0.05) is 0 Å². The molecule has 17 N–H and O–H groups in total. The Bertz CT molecular complexity index is 2480. The van der Waals surface area contributed by atoms with Gasteiger partial charge in [-0.25, -0.2) is 18.7 Å². The molecule has 35 nitrogen and oxygen atoms in total. The lowest BCUT2D eigenvalue weighted by Gasteiger charge is -2.44. The molecule has 17 atom stereocenters. The van der Waals surface area contributed by atoms with E-state index in [0.717, 1.165) is 33.0 Å². The van der Waals surface area contributed by atoms with Gasteiger partial charge in [-0.2, -0.15) is 4.31 Å². The molecule has 2 aliphatic heterocycles. The molecule has 0 aromatic carbocycles. The van der Waals surface area contributed by atoms with Crippen molar-refractivity contribution in [2.24, 2.45) is 5.73 Å². The molecule has 3 heterocycles. The van der Waals surface area contributed by atoms with Crippen molar-refractivity contribution in [1.82, 2.24) is 41.5 Å². The monoisotopic (exact) mass is 1150 g/mol. The van der Waals surface area contributed by atoms with E-state index in [1.54, 1.807) is 0 Å². The summed E-state index contributed by atoms with van der Waals surface area (Å²) in [5.74, 6) is -8.67. The number of aliphatic hydroxyl groups is 4. The summed E-state index contributed by atoms with van der Waals surface area (Å²) in [7, 11) is -11.7. The normalized spacial score (nSPS) is 26.2. The summed E-state index contributed by atoms with van der Waals surface area (Å²) in [4.78, 5) is 147. The van der Waals surface area contributed by atoms with E-state index >= 15 is 0 Å². The second kappa shape index (κ2) is 29.4. The first-order chi connectivity index (χ1) is 35.8. The number of nitrogens with zero attached hydrogens (tertiary/aromatic N) is 1. The Labute approximate surface area is 436 Å². The first kappa shape index (κ1) is 65.7. The van der Waals surface area contributed by atoms with Crippen LogP contribution in [0.4, 0.5) is 0 Å². The van der Waals surface area contributed by atoms with Crippen LogP contribution in [-0.2, 0) is 75.1 Å². The number of aliphatic hydroxyl groups excluding tert-OH is 4. The third-order valence-corrected chi connectivity index (χ3v) is 14.0. The Kier molecular flexibility index (Phi) is 25.1. The minimum Gasteiger partial charge on any atom is -0.480 e. The summed E-state index contributed by atoms with van der Waals surface area (Å²) >= 11 is 0. The Morgan fingerprint density at radius 2 is 1.38 bits per heavy atom. The molecule has 1 aromatic heterocycles. The maximum atomic E-state index is 13.4. The van der Waals surface area contributed by atoms with Crippen molar-refractivity contribution in [2.75, 3.05) is 19.8 Å². The summed E-state index contributed by atoms with van der Waals surface area (Å²) in [5.41, 5.74) is 3.66. The number of carbonyl (C=O) groups is 8. The van der Waals surface area contributed by atoms with Crippen molar-refractivity contribution < 1.29 is 115 Å². The number of aromatic nitrogens is 2. The first-order valence-corrected chi connectivity index (χ1v) is 26.4. The number of amides is 6. The molecule has 1 aromatic rings. The minimum atomic E-state index is -5.95. The standard InChI is InChI=1S/C40H65N9O26P2/c1-16(32(57)44-18(3)37(61)62)43-35(60)21(8-6-7-12-41)46-25(52)10-9-22(38(63)64)47-33(58)17(2)42-34(59)19(4)71-31-27(45-20(5)51)39(73-23(14-50)29(31)55)74-77(68,69)75-76(66,67)70-15-24-28(54)30(56)36(72-24)49-13-11-26(53)48-40(49)65/h11,13,16-19,21-24,27-31,36,39,50,54-56H,6-10,12,14-15,41H2,1-5H3,(H,42,59)(H,43,60)(H,44,57)(H,45,51)(H,46,52)(H,47,58)(H,61,62)(H,63,64)(H,66,67)(H,68,69)(H,48,53,65)/t16-,17+,18-,19?,21+,22-,23-,24-,27-,28-,29-,30-,31-,36-,39?/m1/s1. The maximum absolute atomic E-state index is 13.4. The highest BCUT2D eigenvalue weighted by Crippen LogP contribution is 2.61. The second-order valence-corrected chi connectivity index (χ2v) is 20.5. The van der Waals surface area contributed by atoms with Crippen LogP contribution in [0.25, 0.3) is 0 Å². The minimum absolute atomic E-state index is 0.0339. The van der Waals surface area contributed by atoms with E-state index in [2.05, 4.69) is 40.7 Å². The van der Waals surface area contributed by atoms with E-state index in [0.29, 0.717) is 17.4 Å². The van der Waals surface area contributed by atoms with E-state index < -0.39 is 192 Å². The van der Waals surface area contributed by atoms with Gasteiger partial charge in [0.25, 0.3) is 5.56 Å². The molecule has 2 aliphatic rings. The zero-order valence-corrected chi connectivity index (χ0v) is 43.6. The number of aromatic amines is 1. The largest absolute Gasteiger partial charge is 0.483 e. The third kappa shape index (κ3) is 20.0. The first-order valence-electron chi connectivity index (χ1n) is 23.4. The molecule has 6 amide bonds. The van der Waals surface area contributed by atoms with Gasteiger partial charge in [0.05, 0.1) is 13.2 Å². The smallest absolute Gasteiger partial charge is 0.480 e. The summed E-state index contributed by atoms with van der Waals surface area (Å²) in [6, 6.07) is -8.13. The molecule has 2 fully saturated rings. The maximum Gasteiger partial charge on any atom is 0.483 e. The SMILES string of the molecule is CC(=O)N[C@H]1C(OP(=O)(O)OP(=O)(O)OC[C@H]2O[C@@H](n3ccc(=O)[nH]c3=O)[C@H](O)[C@@H]2O)O[C@H](CO)[C@@H](O)[C@@H]1OC(C)C(=O)N[C@@H](C)C(=O)N[C@H](CCC(=O)N[C@@H](CCCCN)C(=O)N[C@H](C)C(=O)N[C@H](C)C(=O)O)C(=O)O. The van der Waals surface area contributed by atoms with Crippen LogP contribution in [0.2, 0.25) is 0 Å². The van der Waals surface area contributed by atoms with Crippen LogP contribution < -0.4 is 48.9 Å². The van der Waals surface area contributed by atoms with Crippen LogP contribution in [0.1, 0.15) is 73.0 Å². The van der Waals surface area contributed by atoms with Gasteiger partial charge >= 0.3 is 33.3 Å². The topological polar surface area (TPSA) is 541 Å². The molecule has 3 rings (SSSR count). The predicted octanol–water partition coefficient (Wildman–Crippen LogP) is -6.68. The van der Waals surface area contributed by atoms with Crippen LogP contribution in [-0.4, -0.2) is 202 Å². The lowest BCUT2D eigenvalue weighted by molar-refractivity contribution is -0.261. The lowest BCUT2D eigenvalue weighted by atomic mass is 9.96. The van der Waals surface area contributed by atoms with Gasteiger partial charge in [0, 0.05) is 25.6 Å². The number of nitrogens with one attached hydrogen (secondary N) is 7. The van der Waals surface area contributed by atoms with Crippen molar-refractivity contribution in [3.05, 3.63) is 33.1 Å². The number of H-pyrrole nitrogens is 1. The highest BCUT2D eigenvalue weighted by Gasteiger charge is 2.52. The molecule has 0 saturated carbocycles. The number of rotatable bonds is 30. The number of unbranched alkanes of at least 4 members (excludes halogenated alkanes) is 1. The number of hydrogen-bond donors (Lipinski definition) is 16. The highest BCUT2D eigenvalue weighted by atomic mass is 31.3. The Morgan fingerprint density at radius 3 is 1.95 bits per heavy atom. The van der Waals surface area contributed by atoms with E-state index in [-0.39, 0.29) is 13.0 Å². The average molecular weight is 1150 g/mol. The number of ether oxygens (including phenoxy) is 3. The van der Waals surface area contributed by atoms with Crippen LogP contribution >= 0.6 is 15.6 Å². The Hall–Kier alpha value is -5.62. The molecule has 77 heavy (non-hydrogen) atoms. The molecule has 0 radical (unpaired) electrons. The van der Waals surface area contributed by atoms with E-state index in [9.17, 15) is 92.4 Å². The van der Waals surface area contributed by atoms with Crippen molar-refractivity contribution in [2.45, 2.75) is 158 Å². The molecular weight excluding hydrogens is 1080 g/mol. The van der Waals surface area contributed by atoms with Gasteiger partial charge in [-0.15, -0.1) is 0 Å². The highest BCUT2D eigenvalue weighted by molar-refractivity contribution is 7.61. The van der Waals surface area contributed by atoms with Crippen molar-refractivity contribution in [3.63, 3.8) is 0 Å². The van der Waals surface area contributed by atoms with Crippen LogP contribution in [0.5, 0.6) is 0 Å². The molecule has 4 unspecified atom stereocenters. The molecule has 0 bridgehead atoms. The molecule has 0 spiro atoms. The van der Waals surface area contributed by atoms with Gasteiger partial charge in [0.2, 0.25) is 35.4 Å². The van der Waals surface area contributed by atoms with Gasteiger partial charge in [-0.3, -0.25) is 57.0 Å². The molecule has 37 heteroatoms. The Balaban J connectivity index is 1.65. The van der Waals surface area contributed by atoms with Gasteiger partial charge in [-0.05, 0) is 59.9 Å². The number of phosphoric acid groups is 2. The van der Waals surface area contributed by atoms with E-state index in [1.807, 2.05) is 4.98 Å². The fraction of sp³-hybridized carbons (Fsp3) is 0.700. The third-order valence-electron chi connectivity index (χ3n) is 11.4. The zero-order chi connectivity index (χ0) is 58.3. The molecule has 0 aliphatic carbocycles.